The summed E-state index contributed by atoms with van der Waals surface area (Å²) < 4.78 is 11.1. The van der Waals surface area contributed by atoms with E-state index in [0.29, 0.717) is 22.1 Å². The predicted octanol–water partition coefficient (Wildman–Crippen LogP) is 14.5. The van der Waals surface area contributed by atoms with E-state index in [1.54, 1.807) is 0 Å². The van der Waals surface area contributed by atoms with Gasteiger partial charge in [0.1, 0.15) is 0 Å². The minimum Gasteiger partial charge on any atom is -0.668 e. The van der Waals surface area contributed by atoms with Crippen molar-refractivity contribution in [2.45, 2.75) is 166 Å². The van der Waals surface area contributed by atoms with Crippen LogP contribution in [0.25, 0.3) is 9.96 Å². The molecule has 8 fully saturated rings. The average Bonchev–Trinajstić information content (AvgIpc) is 3.00. The van der Waals surface area contributed by atoms with Crippen molar-refractivity contribution in [3.8, 4) is 0 Å². The van der Waals surface area contributed by atoms with Crippen molar-refractivity contribution in [3.63, 3.8) is 0 Å². The van der Waals surface area contributed by atoms with E-state index in [9.17, 15) is 0 Å². The van der Waals surface area contributed by atoms with Gasteiger partial charge in [-0.15, -0.1) is 0 Å². The van der Waals surface area contributed by atoms with Gasteiger partial charge in [0.15, 0.2) is 0 Å². The van der Waals surface area contributed by atoms with Gasteiger partial charge in [-0.1, -0.05) is 132 Å². The van der Waals surface area contributed by atoms with E-state index in [1.807, 2.05) is 0 Å². The summed E-state index contributed by atoms with van der Waals surface area (Å²) in [5, 5.41) is 6.74. The number of rotatable bonds is 9. The molecule has 1 radical (unpaired) electrons. The molecule has 52 heavy (non-hydrogen) atoms. The van der Waals surface area contributed by atoms with Crippen molar-refractivity contribution in [1.29, 1.82) is 0 Å². The molecule has 2 aromatic rings. The Morgan fingerprint density at radius 3 is 1.27 bits per heavy atom. The third-order valence-corrected chi connectivity index (χ3v) is 22.6. The van der Waals surface area contributed by atoms with Crippen molar-refractivity contribution in [1.82, 2.24) is 0 Å². The van der Waals surface area contributed by atoms with Crippen LogP contribution in [0.4, 0.5) is 5.69 Å². The fourth-order valence-electron chi connectivity index (χ4n) is 13.2. The third kappa shape index (κ3) is 8.94. The van der Waals surface area contributed by atoms with Crippen molar-refractivity contribution in [2.75, 3.05) is 0 Å². The third-order valence-electron chi connectivity index (χ3n) is 13.6. The van der Waals surface area contributed by atoms with Crippen LogP contribution in [0, 0.1) is 35.5 Å². The number of para-hydroxylation sites is 1. The van der Waals surface area contributed by atoms with E-state index in [4.69, 9.17) is 14.7 Å². The minimum absolute atomic E-state index is 0. The van der Waals surface area contributed by atoms with Crippen LogP contribution in [0.3, 0.4) is 0 Å². The Kier molecular flexibility index (Phi) is 12.3. The summed E-state index contributed by atoms with van der Waals surface area (Å²) in [5.41, 5.74) is 5.21. The second-order valence-electron chi connectivity index (χ2n) is 21.2. The van der Waals surface area contributed by atoms with E-state index in [2.05, 4.69) is 116 Å². The summed E-state index contributed by atoms with van der Waals surface area (Å²) in [6, 6.07) is 18.1. The predicted molar refractivity (Wildman–Crippen MR) is 231 cm³/mol. The molecule has 3 nitrogen and oxygen atoms in total. The molecule has 8 aliphatic carbocycles. The number of amidine groups is 1. The molecule has 0 amide bonds. The average molecular weight is 800 g/mol. The molecule has 0 atom stereocenters. The van der Waals surface area contributed by atoms with Crippen LogP contribution in [0.15, 0.2) is 53.3 Å². The number of hydrogen-bond donors (Lipinski definition) is 0. The van der Waals surface area contributed by atoms with Crippen LogP contribution in [0.5, 0.6) is 0 Å². The molecule has 287 valence electrons. The van der Waals surface area contributed by atoms with Crippen LogP contribution in [0.2, 0.25) is 39.3 Å². The minimum atomic E-state index is -1.11. The zero-order valence-corrected chi connectivity index (χ0v) is 38.4. The summed E-state index contributed by atoms with van der Waals surface area (Å²) in [7, 11) is -3.28. The summed E-state index contributed by atoms with van der Waals surface area (Å²) in [4.78, 5) is 0. The SMILES string of the molecule is CC(C)c1cccc(C(C)C)c1[N-]/C(=N\[PH+](C12CC3CC(CC(C3)C1)C2)C12CC3CC(CC(C3)C1)C2)c1ccccc1.C[Si](C)(C)[N-][Si](C)(C)C.[Co+2]. The molecule has 10 rings (SSSR count). The summed E-state index contributed by atoms with van der Waals surface area (Å²) in [6.45, 7) is 23.1. The van der Waals surface area contributed by atoms with E-state index < -0.39 is 24.5 Å². The standard InChI is InChI=1S/C39H52N2P.C6H18NSi2.Co/c1-25(2)34-11-8-12-35(26(3)4)36(34)40-37(33-9-6-5-7-10-33)41-42(38-19-27-13-28(20-38)15-29(14-27)21-38)39-22-30-16-31(23-39)18-32(17-30)24-39;1-8(2,3)7-9(4,5)6;/h5-12,25-32H,13-24H2,1-4H3;1-6H3;/q2*-1;+2/p+1. The Hall–Kier alpha value is -0.760. The summed E-state index contributed by atoms with van der Waals surface area (Å²) in [5.74, 6) is 7.83. The van der Waals surface area contributed by atoms with E-state index in [0.717, 1.165) is 41.3 Å². The monoisotopic (exact) mass is 799 g/mol. The molecule has 0 heterocycles. The van der Waals surface area contributed by atoms with Crippen LogP contribution in [-0.4, -0.2) is 32.6 Å². The fraction of sp³-hybridized carbons (Fsp3) is 0.711. The maximum atomic E-state index is 6.27. The first-order valence-corrected chi connectivity index (χ1v) is 29.4. The Morgan fingerprint density at radius 1 is 0.596 bits per heavy atom. The zero-order chi connectivity index (χ0) is 36.3. The maximum absolute atomic E-state index is 6.27. The van der Waals surface area contributed by atoms with Crippen molar-refractivity contribution < 1.29 is 16.8 Å². The molecular weight excluding hydrogens is 729 g/mol. The normalized spacial score (nSPS) is 33.9. The van der Waals surface area contributed by atoms with E-state index >= 15 is 0 Å². The fourth-order valence-corrected chi connectivity index (χ4v) is 26.1. The smallest absolute Gasteiger partial charge is 0.668 e. The maximum Gasteiger partial charge on any atom is 2.00 e. The first kappa shape index (κ1) is 40.9. The van der Waals surface area contributed by atoms with Gasteiger partial charge in [0.2, 0.25) is 0 Å². The molecule has 8 saturated carbocycles. The van der Waals surface area contributed by atoms with Gasteiger partial charge in [0.05, 0.1) is 10.3 Å². The van der Waals surface area contributed by atoms with Gasteiger partial charge in [-0.05, 0) is 153 Å². The van der Waals surface area contributed by atoms with Crippen molar-refractivity contribution in [2.24, 2.45) is 40.3 Å². The van der Waals surface area contributed by atoms with E-state index in [-0.39, 0.29) is 16.8 Å². The molecule has 8 bridgehead atoms. The molecular formula is C45H71CoN3PSi2+. The molecule has 0 aromatic heterocycles. The van der Waals surface area contributed by atoms with Gasteiger partial charge >= 0.3 is 16.8 Å². The molecule has 0 aliphatic heterocycles. The van der Waals surface area contributed by atoms with Crippen molar-refractivity contribution >= 4 is 36.1 Å². The number of hydrogen-bond acceptors (Lipinski definition) is 1. The topological polar surface area (TPSA) is 40.6 Å². The molecule has 2 aromatic carbocycles. The molecule has 0 saturated heterocycles. The van der Waals surface area contributed by atoms with Crippen LogP contribution >= 0.6 is 8.07 Å². The first-order chi connectivity index (χ1) is 24.0. The molecule has 0 spiro atoms. The van der Waals surface area contributed by atoms with Crippen molar-refractivity contribution in [3.05, 3.63) is 75.2 Å². The van der Waals surface area contributed by atoms with Crippen LogP contribution in [0.1, 0.15) is 133 Å². The van der Waals surface area contributed by atoms with E-state index in [1.165, 1.54) is 99.4 Å². The summed E-state index contributed by atoms with van der Waals surface area (Å²) in [6.07, 6.45) is 18.1. The molecule has 8 aliphatic rings. The second kappa shape index (κ2) is 15.6. The Labute approximate surface area is 332 Å². The van der Waals surface area contributed by atoms with Gasteiger partial charge < -0.3 is 14.7 Å². The summed E-state index contributed by atoms with van der Waals surface area (Å²) >= 11 is 0. The Morgan fingerprint density at radius 2 is 0.962 bits per heavy atom. The largest absolute Gasteiger partial charge is 2.00 e. The zero-order valence-electron chi connectivity index (χ0n) is 34.4. The quantitative estimate of drug-likeness (QED) is 0.105. The Bertz CT molecular complexity index is 1410. The van der Waals surface area contributed by atoms with Gasteiger partial charge in [0, 0.05) is 8.07 Å². The molecule has 0 N–H and O–H groups in total. The number of nitrogens with zero attached hydrogens (tertiary/aromatic N) is 3. The van der Waals surface area contributed by atoms with Gasteiger partial charge in [0.25, 0.3) is 0 Å². The Balaban J connectivity index is 0.000000414. The van der Waals surface area contributed by atoms with Crippen LogP contribution < -0.4 is 0 Å². The van der Waals surface area contributed by atoms with Gasteiger partial charge in [-0.2, -0.15) is 0 Å². The first-order valence-electron chi connectivity index (χ1n) is 21.1. The van der Waals surface area contributed by atoms with Crippen LogP contribution in [-0.2, 0) is 16.8 Å². The number of benzene rings is 2. The second-order valence-corrected chi connectivity index (χ2v) is 33.8. The molecule has 0 unspecified atom stereocenters. The van der Waals surface area contributed by atoms with Gasteiger partial charge in [-0.25, -0.2) is 0 Å². The molecule has 7 heteroatoms. The van der Waals surface area contributed by atoms with Gasteiger partial charge in [-0.3, -0.25) is 0 Å².